The van der Waals surface area contributed by atoms with E-state index in [0.717, 1.165) is 31.4 Å². The highest BCUT2D eigenvalue weighted by atomic mass is 35.5. The Morgan fingerprint density at radius 3 is 2.48 bits per heavy atom. The van der Waals surface area contributed by atoms with Gasteiger partial charge in [0.15, 0.2) is 0 Å². The molecule has 6 heteroatoms. The van der Waals surface area contributed by atoms with E-state index in [1.165, 1.54) is 32.1 Å². The molecule has 0 N–H and O–H groups in total. The molecule has 2 aliphatic rings. The SMILES string of the molecule is CCC1CCC(C)N1c1nc(Cl)nc(N2CCCCC2)n1. The minimum Gasteiger partial charge on any atom is -0.341 e. The molecule has 2 fully saturated rings. The minimum absolute atomic E-state index is 0.314. The van der Waals surface area contributed by atoms with E-state index in [1.54, 1.807) is 0 Å². The van der Waals surface area contributed by atoms with Gasteiger partial charge in [-0.15, -0.1) is 0 Å². The minimum atomic E-state index is 0.314. The lowest BCUT2D eigenvalue weighted by Crippen LogP contribution is -2.37. The van der Waals surface area contributed by atoms with Crippen LogP contribution in [0.2, 0.25) is 5.28 Å². The van der Waals surface area contributed by atoms with Gasteiger partial charge in [0.2, 0.25) is 17.2 Å². The standard InChI is InChI=1S/C15H24ClN5/c1-3-12-8-7-11(2)21(12)15-18-13(16)17-14(19-15)20-9-5-4-6-10-20/h11-12H,3-10H2,1-2H3. The summed E-state index contributed by atoms with van der Waals surface area (Å²) in [6.45, 7) is 6.51. The molecule has 0 aliphatic carbocycles. The van der Waals surface area contributed by atoms with Crippen molar-refractivity contribution in [2.75, 3.05) is 22.9 Å². The Balaban J connectivity index is 1.89. The van der Waals surface area contributed by atoms with Crippen molar-refractivity contribution in [1.29, 1.82) is 0 Å². The second kappa shape index (κ2) is 6.34. The molecule has 1 aromatic rings. The van der Waals surface area contributed by atoms with Crippen molar-refractivity contribution in [2.24, 2.45) is 0 Å². The summed E-state index contributed by atoms with van der Waals surface area (Å²) >= 11 is 6.17. The van der Waals surface area contributed by atoms with E-state index in [-0.39, 0.29) is 0 Å². The lowest BCUT2D eigenvalue weighted by Gasteiger charge is -2.30. The second-order valence-corrected chi connectivity index (χ2v) is 6.49. The Labute approximate surface area is 131 Å². The van der Waals surface area contributed by atoms with Crippen molar-refractivity contribution in [3.8, 4) is 0 Å². The van der Waals surface area contributed by atoms with Crippen molar-refractivity contribution in [3.63, 3.8) is 0 Å². The maximum atomic E-state index is 6.17. The van der Waals surface area contributed by atoms with Gasteiger partial charge in [0.25, 0.3) is 0 Å². The maximum Gasteiger partial charge on any atom is 0.231 e. The van der Waals surface area contributed by atoms with Crippen molar-refractivity contribution < 1.29 is 0 Å². The first kappa shape index (κ1) is 14.8. The van der Waals surface area contributed by atoms with Gasteiger partial charge in [-0.25, -0.2) is 0 Å². The average molecular weight is 310 g/mol. The van der Waals surface area contributed by atoms with Gasteiger partial charge >= 0.3 is 0 Å². The summed E-state index contributed by atoms with van der Waals surface area (Å²) in [6, 6.07) is 0.996. The van der Waals surface area contributed by atoms with Crippen LogP contribution in [0.4, 0.5) is 11.9 Å². The van der Waals surface area contributed by atoms with Crippen molar-refractivity contribution in [2.45, 2.75) is 64.5 Å². The van der Waals surface area contributed by atoms with E-state index in [2.05, 4.69) is 33.6 Å². The molecule has 2 atom stereocenters. The molecule has 0 amide bonds. The first-order valence-electron chi connectivity index (χ1n) is 8.14. The Kier molecular flexibility index (Phi) is 4.48. The average Bonchev–Trinajstić information content (AvgIpc) is 2.88. The van der Waals surface area contributed by atoms with Gasteiger partial charge in [-0.3, -0.25) is 0 Å². The molecule has 116 valence electrons. The van der Waals surface area contributed by atoms with E-state index < -0.39 is 0 Å². The summed E-state index contributed by atoms with van der Waals surface area (Å²) in [7, 11) is 0. The fourth-order valence-electron chi connectivity index (χ4n) is 3.51. The monoisotopic (exact) mass is 309 g/mol. The number of nitrogens with zero attached hydrogens (tertiary/aromatic N) is 5. The number of aromatic nitrogens is 3. The molecule has 21 heavy (non-hydrogen) atoms. The summed E-state index contributed by atoms with van der Waals surface area (Å²) in [4.78, 5) is 18.1. The zero-order valence-electron chi connectivity index (χ0n) is 12.9. The third-order valence-electron chi connectivity index (χ3n) is 4.71. The maximum absolute atomic E-state index is 6.17. The van der Waals surface area contributed by atoms with Gasteiger partial charge in [-0.05, 0) is 57.0 Å². The summed E-state index contributed by atoms with van der Waals surface area (Å²) in [5.74, 6) is 1.51. The van der Waals surface area contributed by atoms with Crippen molar-refractivity contribution in [1.82, 2.24) is 15.0 Å². The van der Waals surface area contributed by atoms with Crippen LogP contribution in [0.25, 0.3) is 0 Å². The van der Waals surface area contributed by atoms with Crippen molar-refractivity contribution >= 4 is 23.5 Å². The Bertz CT molecular complexity index is 489. The first-order valence-corrected chi connectivity index (χ1v) is 8.51. The fourth-order valence-corrected chi connectivity index (χ4v) is 3.66. The predicted octanol–water partition coefficient (Wildman–Crippen LogP) is 3.28. The Hall–Kier alpha value is -1.10. The van der Waals surface area contributed by atoms with Gasteiger partial charge < -0.3 is 9.80 Å². The molecular weight excluding hydrogens is 286 g/mol. The summed E-state index contributed by atoms with van der Waals surface area (Å²) in [5, 5.41) is 0.314. The van der Waals surface area contributed by atoms with Gasteiger partial charge in [-0.2, -0.15) is 15.0 Å². The molecule has 2 saturated heterocycles. The van der Waals surface area contributed by atoms with E-state index in [9.17, 15) is 0 Å². The molecule has 0 saturated carbocycles. The Morgan fingerprint density at radius 1 is 1.05 bits per heavy atom. The van der Waals surface area contributed by atoms with Gasteiger partial charge in [0.05, 0.1) is 0 Å². The van der Waals surface area contributed by atoms with Crippen LogP contribution >= 0.6 is 11.6 Å². The van der Waals surface area contributed by atoms with Crippen LogP contribution < -0.4 is 9.80 Å². The third-order valence-corrected chi connectivity index (χ3v) is 4.88. The highest BCUT2D eigenvalue weighted by molar-refractivity contribution is 6.28. The van der Waals surface area contributed by atoms with Crippen LogP contribution in [0.5, 0.6) is 0 Å². The van der Waals surface area contributed by atoms with Gasteiger partial charge in [-0.1, -0.05) is 6.92 Å². The van der Waals surface area contributed by atoms with Crippen LogP contribution in [0.3, 0.4) is 0 Å². The predicted molar refractivity (Wildman–Crippen MR) is 86.2 cm³/mol. The fraction of sp³-hybridized carbons (Fsp3) is 0.800. The topological polar surface area (TPSA) is 45.2 Å². The molecule has 3 rings (SSSR count). The second-order valence-electron chi connectivity index (χ2n) is 6.15. The van der Waals surface area contributed by atoms with Gasteiger partial charge in [0.1, 0.15) is 0 Å². The molecular formula is C15H24ClN5. The smallest absolute Gasteiger partial charge is 0.231 e. The van der Waals surface area contributed by atoms with Crippen LogP contribution in [0, 0.1) is 0 Å². The highest BCUT2D eigenvalue weighted by Gasteiger charge is 2.32. The number of hydrogen-bond donors (Lipinski definition) is 0. The number of hydrogen-bond acceptors (Lipinski definition) is 5. The number of piperidine rings is 1. The quantitative estimate of drug-likeness (QED) is 0.857. The molecule has 0 radical (unpaired) electrons. The van der Waals surface area contributed by atoms with E-state index in [4.69, 9.17) is 16.6 Å². The lowest BCUT2D eigenvalue weighted by atomic mass is 10.1. The number of rotatable bonds is 3. The van der Waals surface area contributed by atoms with Crippen molar-refractivity contribution in [3.05, 3.63) is 5.28 Å². The van der Waals surface area contributed by atoms with E-state index in [1.807, 2.05) is 0 Å². The number of anilines is 2. The first-order chi connectivity index (χ1) is 10.2. The van der Waals surface area contributed by atoms with Gasteiger partial charge in [0, 0.05) is 25.2 Å². The van der Waals surface area contributed by atoms with Crippen LogP contribution in [0.1, 0.15) is 52.4 Å². The Morgan fingerprint density at radius 2 is 1.76 bits per heavy atom. The zero-order valence-corrected chi connectivity index (χ0v) is 13.7. The molecule has 2 unspecified atom stereocenters. The van der Waals surface area contributed by atoms with E-state index >= 15 is 0 Å². The largest absolute Gasteiger partial charge is 0.341 e. The molecule has 0 bridgehead atoms. The highest BCUT2D eigenvalue weighted by Crippen LogP contribution is 2.31. The van der Waals surface area contributed by atoms with Crippen LogP contribution in [-0.2, 0) is 0 Å². The van der Waals surface area contributed by atoms with Crippen LogP contribution in [0.15, 0.2) is 0 Å². The molecule has 0 aromatic carbocycles. The summed E-state index contributed by atoms with van der Waals surface area (Å²) < 4.78 is 0. The molecule has 2 aliphatic heterocycles. The summed E-state index contributed by atoms with van der Waals surface area (Å²) in [5.41, 5.74) is 0. The normalized spacial score (nSPS) is 26.4. The summed E-state index contributed by atoms with van der Waals surface area (Å²) in [6.07, 6.45) is 7.23. The molecule has 3 heterocycles. The number of halogens is 1. The molecule has 0 spiro atoms. The zero-order chi connectivity index (χ0) is 14.8. The van der Waals surface area contributed by atoms with E-state index in [0.29, 0.717) is 17.4 Å². The lowest BCUT2D eigenvalue weighted by molar-refractivity contribution is 0.563. The van der Waals surface area contributed by atoms with Crippen LogP contribution in [-0.4, -0.2) is 40.1 Å². The molecule has 1 aromatic heterocycles. The third kappa shape index (κ3) is 3.07. The molecule has 5 nitrogen and oxygen atoms in total.